The summed E-state index contributed by atoms with van der Waals surface area (Å²) in [6.07, 6.45) is 0.752. The first-order valence-electron chi connectivity index (χ1n) is 3.80. The summed E-state index contributed by atoms with van der Waals surface area (Å²) in [5.74, 6) is 0. The van der Waals surface area contributed by atoms with Gasteiger partial charge < -0.3 is 15.6 Å². The first-order chi connectivity index (χ1) is 6.77. The van der Waals surface area contributed by atoms with E-state index in [4.69, 9.17) is 10.4 Å². The van der Waals surface area contributed by atoms with Crippen LogP contribution in [0.4, 0.5) is 0 Å². The van der Waals surface area contributed by atoms with Crippen molar-refractivity contribution in [3.05, 3.63) is 16.6 Å². The molecular weight excluding hydrogens is 192 g/mol. The molecule has 1 aromatic heterocycles. The molecule has 2 N–H and O–H groups in total. The molecule has 0 saturated heterocycles. The molecule has 0 amide bonds. The van der Waals surface area contributed by atoms with Crippen LogP contribution in [0.25, 0.3) is 0 Å². The number of nitrogens with zero attached hydrogens (tertiary/aromatic N) is 4. The summed E-state index contributed by atoms with van der Waals surface area (Å²) in [4.78, 5) is 0.120. The largest absolute Gasteiger partial charge is 0.411 e. The van der Waals surface area contributed by atoms with Crippen LogP contribution >= 0.6 is 0 Å². The number of rotatable bonds is 0. The van der Waals surface area contributed by atoms with Gasteiger partial charge in [-0.25, -0.2) is 0 Å². The van der Waals surface area contributed by atoms with Crippen LogP contribution in [-0.2, 0) is 6.42 Å². The fourth-order valence-electron chi connectivity index (χ4n) is 1.36. The molecule has 1 aliphatic rings. The lowest BCUT2D eigenvalue weighted by atomic mass is 9.97. The zero-order valence-electron chi connectivity index (χ0n) is 6.91. The molecule has 0 spiro atoms. The van der Waals surface area contributed by atoms with E-state index in [-0.39, 0.29) is 22.0 Å². The Balaban J connectivity index is 2.60. The number of aryl methyl sites for hydroxylation is 1. The second kappa shape index (κ2) is 2.98. The minimum atomic E-state index is -0.106. The van der Waals surface area contributed by atoms with Crippen molar-refractivity contribution in [2.75, 3.05) is 0 Å². The molecule has 8 nitrogen and oxygen atoms in total. The van der Waals surface area contributed by atoms with Crippen molar-refractivity contribution in [3.63, 3.8) is 0 Å². The van der Waals surface area contributed by atoms with E-state index in [2.05, 4.69) is 20.1 Å². The van der Waals surface area contributed by atoms with Gasteiger partial charge in [-0.1, -0.05) is 10.3 Å². The first-order valence-corrected chi connectivity index (χ1v) is 3.80. The van der Waals surface area contributed by atoms with E-state index in [1.54, 1.807) is 0 Å². The molecule has 0 atom stereocenters. The van der Waals surface area contributed by atoms with Gasteiger partial charge in [0.2, 0.25) is 5.69 Å². The Morgan fingerprint density at radius 1 is 1.36 bits per heavy atom. The van der Waals surface area contributed by atoms with E-state index >= 15 is 0 Å². The molecule has 1 aliphatic carbocycles. The van der Waals surface area contributed by atoms with E-state index in [0.717, 1.165) is 0 Å². The van der Waals surface area contributed by atoms with Gasteiger partial charge in [0.15, 0.2) is 5.71 Å². The monoisotopic (exact) mass is 198 g/mol. The summed E-state index contributed by atoms with van der Waals surface area (Å²) < 4.78 is 4.32. The molecule has 0 unspecified atom stereocenters. The first kappa shape index (κ1) is 8.48. The van der Waals surface area contributed by atoms with Gasteiger partial charge in [-0.05, 0) is 4.90 Å². The van der Waals surface area contributed by atoms with Crippen LogP contribution in [0.5, 0.6) is 0 Å². The summed E-state index contributed by atoms with van der Waals surface area (Å²) in [5, 5.41) is 37.6. The molecule has 0 fully saturated rings. The van der Waals surface area contributed by atoms with Crippen LogP contribution in [0.1, 0.15) is 17.8 Å². The highest BCUT2D eigenvalue weighted by atomic mass is 16.8. The predicted molar refractivity (Wildman–Crippen MR) is 41.3 cm³/mol. The summed E-state index contributed by atoms with van der Waals surface area (Å²) in [7, 11) is 0. The average molecular weight is 198 g/mol. The third kappa shape index (κ3) is 1.00. The van der Waals surface area contributed by atoms with Gasteiger partial charge in [-0.2, -0.15) is 0 Å². The SMILES string of the molecule is [O-][n+]1onc2c1C(=N/O)/C(=N/O)CC2. The Bertz CT molecular complexity index is 421. The smallest absolute Gasteiger partial charge is 0.252 e. The Hall–Kier alpha value is -2.12. The molecule has 74 valence electrons. The van der Waals surface area contributed by atoms with Crippen LogP contribution in [0.15, 0.2) is 14.9 Å². The van der Waals surface area contributed by atoms with Crippen molar-refractivity contribution in [1.29, 1.82) is 0 Å². The van der Waals surface area contributed by atoms with Crippen molar-refractivity contribution >= 4 is 11.4 Å². The third-order valence-corrected chi connectivity index (χ3v) is 2.00. The summed E-state index contributed by atoms with van der Waals surface area (Å²) in [5.41, 5.74) is 0.407. The Morgan fingerprint density at radius 2 is 2.14 bits per heavy atom. The number of fused-ring (bicyclic) bond motifs is 1. The zero-order chi connectivity index (χ0) is 10.1. The molecule has 8 heteroatoms. The highest BCUT2D eigenvalue weighted by Crippen LogP contribution is 2.15. The van der Waals surface area contributed by atoms with E-state index in [1.807, 2.05) is 0 Å². The van der Waals surface area contributed by atoms with Crippen LogP contribution in [0, 0.1) is 5.21 Å². The molecule has 14 heavy (non-hydrogen) atoms. The molecule has 1 aromatic rings. The van der Waals surface area contributed by atoms with E-state index in [1.165, 1.54) is 0 Å². The average Bonchev–Trinajstić information content (AvgIpc) is 2.59. The standard InChI is InChI=1S/C6H6N4O4/c11-7-3-1-2-4-6(5(3)8-12)10(13)14-9-4/h11-12H,1-2H2/b7-3+,8-5+. The number of aromatic nitrogens is 2. The van der Waals surface area contributed by atoms with E-state index < -0.39 is 0 Å². The Kier molecular flexibility index (Phi) is 1.80. The second-order valence-corrected chi connectivity index (χ2v) is 2.72. The quantitative estimate of drug-likeness (QED) is 0.323. The van der Waals surface area contributed by atoms with Gasteiger partial charge in [0.25, 0.3) is 5.69 Å². The topological polar surface area (TPSA) is 118 Å². The highest BCUT2D eigenvalue weighted by Gasteiger charge is 2.33. The lowest BCUT2D eigenvalue weighted by Crippen LogP contribution is -2.37. The van der Waals surface area contributed by atoms with Gasteiger partial charge in [-0.15, -0.1) is 0 Å². The molecule has 0 aromatic carbocycles. The second-order valence-electron chi connectivity index (χ2n) is 2.72. The molecule has 0 saturated carbocycles. The van der Waals surface area contributed by atoms with Crippen molar-refractivity contribution in [3.8, 4) is 0 Å². The molecule has 0 aliphatic heterocycles. The minimum Gasteiger partial charge on any atom is -0.411 e. The normalized spacial score (nSPS) is 21.4. The van der Waals surface area contributed by atoms with Gasteiger partial charge >= 0.3 is 0 Å². The number of hydrogen-bond donors (Lipinski definition) is 2. The predicted octanol–water partition coefficient (Wildman–Crippen LogP) is -0.737. The van der Waals surface area contributed by atoms with Crippen LogP contribution < -0.4 is 4.90 Å². The fourth-order valence-corrected chi connectivity index (χ4v) is 1.36. The molecule has 1 heterocycles. The maximum Gasteiger partial charge on any atom is 0.252 e. The number of oxime groups is 2. The van der Waals surface area contributed by atoms with Crippen molar-refractivity contribution in [2.24, 2.45) is 10.3 Å². The lowest BCUT2D eigenvalue weighted by Gasteiger charge is -2.07. The maximum absolute atomic E-state index is 11.1. The third-order valence-electron chi connectivity index (χ3n) is 2.00. The van der Waals surface area contributed by atoms with Crippen LogP contribution in [0.3, 0.4) is 0 Å². The molecular formula is C6H6N4O4. The number of hydrogen-bond acceptors (Lipinski definition) is 7. The summed E-state index contributed by atoms with van der Waals surface area (Å²) >= 11 is 0. The van der Waals surface area contributed by atoms with E-state index in [9.17, 15) is 5.21 Å². The maximum atomic E-state index is 11.1. The molecule has 2 rings (SSSR count). The lowest BCUT2D eigenvalue weighted by molar-refractivity contribution is -0.803. The van der Waals surface area contributed by atoms with Crippen molar-refractivity contribution < 1.29 is 19.9 Å². The zero-order valence-corrected chi connectivity index (χ0v) is 6.91. The molecule has 0 bridgehead atoms. The van der Waals surface area contributed by atoms with Gasteiger partial charge in [0.1, 0.15) is 5.71 Å². The fraction of sp³-hybridized carbons (Fsp3) is 0.333. The van der Waals surface area contributed by atoms with E-state index in [0.29, 0.717) is 18.5 Å². The molecule has 0 radical (unpaired) electrons. The minimum absolute atomic E-state index is 0.00782. The Labute approximate surface area is 77.3 Å². The van der Waals surface area contributed by atoms with Crippen LogP contribution in [0.2, 0.25) is 0 Å². The van der Waals surface area contributed by atoms with Crippen molar-refractivity contribution in [2.45, 2.75) is 12.8 Å². The summed E-state index contributed by atoms with van der Waals surface area (Å²) in [6.45, 7) is 0. The van der Waals surface area contributed by atoms with Gasteiger partial charge in [-0.3, -0.25) is 4.63 Å². The highest BCUT2D eigenvalue weighted by molar-refractivity contribution is 6.48. The van der Waals surface area contributed by atoms with Crippen LogP contribution in [-0.4, -0.2) is 27.0 Å². The van der Waals surface area contributed by atoms with Gasteiger partial charge in [0, 0.05) is 18.0 Å². The summed E-state index contributed by atoms with van der Waals surface area (Å²) in [6, 6.07) is 0. The van der Waals surface area contributed by atoms with Gasteiger partial charge in [0.05, 0.1) is 0 Å². The van der Waals surface area contributed by atoms with Crippen molar-refractivity contribution in [1.82, 2.24) is 5.16 Å². The Morgan fingerprint density at radius 3 is 2.79 bits per heavy atom.